The molecule has 0 amide bonds. The number of hydrogen-bond donors (Lipinski definition) is 1. The van der Waals surface area contributed by atoms with Crippen LogP contribution in [0.25, 0.3) is 0 Å². The van der Waals surface area contributed by atoms with E-state index in [0.717, 1.165) is 10.6 Å². The highest BCUT2D eigenvalue weighted by molar-refractivity contribution is 7.99. The van der Waals surface area contributed by atoms with Crippen LogP contribution in [0.15, 0.2) is 58.6 Å². The van der Waals surface area contributed by atoms with E-state index in [-0.39, 0.29) is 5.84 Å². The molecule has 0 atom stereocenters. The van der Waals surface area contributed by atoms with E-state index in [1.165, 1.54) is 0 Å². The number of hydrogen-bond acceptors (Lipinski definition) is 4. The van der Waals surface area contributed by atoms with Crippen molar-refractivity contribution in [3.05, 3.63) is 64.7 Å². The van der Waals surface area contributed by atoms with Crippen LogP contribution in [0.5, 0.6) is 0 Å². The van der Waals surface area contributed by atoms with Gasteiger partial charge in [0, 0.05) is 15.5 Å². The highest BCUT2D eigenvalue weighted by Gasteiger charge is 2.13. The zero-order valence-electron chi connectivity index (χ0n) is 12.0. The van der Waals surface area contributed by atoms with Crippen LogP contribution in [0.3, 0.4) is 0 Å². The number of nitrogens with zero attached hydrogens (tertiary/aromatic N) is 1. The van der Waals surface area contributed by atoms with Crippen LogP contribution in [0.2, 0.25) is 5.02 Å². The summed E-state index contributed by atoms with van der Waals surface area (Å²) in [5, 5.41) is 4.29. The van der Waals surface area contributed by atoms with Crippen molar-refractivity contribution in [2.24, 2.45) is 10.9 Å². The molecule has 6 heteroatoms. The number of carbonyl (C=O) groups excluding carboxylic acids is 1. The molecule has 0 radical (unpaired) electrons. The van der Waals surface area contributed by atoms with Crippen LogP contribution in [0.1, 0.15) is 22.8 Å². The van der Waals surface area contributed by atoms with Crippen molar-refractivity contribution in [1.82, 2.24) is 0 Å². The number of benzene rings is 2. The van der Waals surface area contributed by atoms with Crippen LogP contribution < -0.4 is 5.73 Å². The van der Waals surface area contributed by atoms with E-state index in [1.807, 2.05) is 19.1 Å². The monoisotopic (exact) mass is 334 g/mol. The molecule has 22 heavy (non-hydrogen) atoms. The quantitative estimate of drug-likeness (QED) is 0.296. The molecule has 2 aromatic carbocycles. The largest absolute Gasteiger partial charge is 0.380 e. The molecule has 0 spiro atoms. The van der Waals surface area contributed by atoms with Gasteiger partial charge in [0.05, 0.1) is 5.56 Å². The van der Waals surface area contributed by atoms with Gasteiger partial charge >= 0.3 is 5.97 Å². The molecule has 0 saturated carbocycles. The van der Waals surface area contributed by atoms with Crippen molar-refractivity contribution < 1.29 is 9.63 Å². The summed E-state index contributed by atoms with van der Waals surface area (Å²) in [5.41, 5.74) is 6.90. The number of nitrogens with two attached hydrogens (primary N) is 1. The van der Waals surface area contributed by atoms with Gasteiger partial charge in [0.25, 0.3) is 0 Å². The van der Waals surface area contributed by atoms with E-state index in [0.29, 0.717) is 16.1 Å². The minimum atomic E-state index is -0.534. The Morgan fingerprint density at radius 1 is 1.23 bits per heavy atom. The number of thioether (sulfide) groups is 1. The predicted octanol–water partition coefficient (Wildman–Crippen LogP) is 3.93. The van der Waals surface area contributed by atoms with Crippen LogP contribution in [-0.2, 0) is 4.84 Å². The Kier molecular flexibility index (Phi) is 5.86. The Labute approximate surface area is 138 Å². The molecule has 114 valence electrons. The van der Waals surface area contributed by atoms with Crippen LogP contribution >= 0.6 is 23.4 Å². The molecule has 4 nitrogen and oxygen atoms in total. The predicted molar refractivity (Wildman–Crippen MR) is 90.4 cm³/mol. The van der Waals surface area contributed by atoms with Crippen molar-refractivity contribution in [3.8, 4) is 0 Å². The van der Waals surface area contributed by atoms with Gasteiger partial charge in [-0.25, -0.2) is 4.79 Å². The van der Waals surface area contributed by atoms with Gasteiger partial charge in [0.1, 0.15) is 0 Å². The SMILES string of the molecule is CCSc1ccccc1C(=O)O/N=C(/N)c1ccc(Cl)cc1. The smallest absolute Gasteiger partial charge is 0.366 e. The van der Waals surface area contributed by atoms with Gasteiger partial charge in [-0.2, -0.15) is 0 Å². The molecule has 0 aliphatic rings. The van der Waals surface area contributed by atoms with E-state index >= 15 is 0 Å². The van der Waals surface area contributed by atoms with Gasteiger partial charge in [0.15, 0.2) is 5.84 Å². The molecule has 0 aliphatic heterocycles. The van der Waals surface area contributed by atoms with Crippen LogP contribution in [0, 0.1) is 0 Å². The molecule has 2 rings (SSSR count). The molecular formula is C16H15ClN2O2S. The highest BCUT2D eigenvalue weighted by Crippen LogP contribution is 2.23. The molecule has 0 unspecified atom stereocenters. The molecule has 0 aliphatic carbocycles. The third-order valence-corrected chi connectivity index (χ3v) is 3.98. The Bertz CT molecular complexity index is 687. The van der Waals surface area contributed by atoms with Gasteiger partial charge in [0.2, 0.25) is 0 Å². The average molecular weight is 335 g/mol. The first-order valence-electron chi connectivity index (χ1n) is 6.64. The highest BCUT2D eigenvalue weighted by atomic mass is 35.5. The van der Waals surface area contributed by atoms with Gasteiger partial charge < -0.3 is 10.6 Å². The Morgan fingerprint density at radius 3 is 2.59 bits per heavy atom. The van der Waals surface area contributed by atoms with Gasteiger partial charge in [-0.15, -0.1) is 11.8 Å². The summed E-state index contributed by atoms with van der Waals surface area (Å²) >= 11 is 7.37. The zero-order chi connectivity index (χ0) is 15.9. The molecule has 0 saturated heterocycles. The summed E-state index contributed by atoms with van der Waals surface area (Å²) in [6.45, 7) is 2.02. The standard InChI is InChI=1S/C16H15ClN2O2S/c1-2-22-14-6-4-3-5-13(14)16(20)21-19-15(18)11-7-9-12(17)10-8-11/h3-10H,2H2,1H3,(H2,18,19). The summed E-state index contributed by atoms with van der Waals surface area (Å²) in [6, 6.07) is 14.0. The summed E-state index contributed by atoms with van der Waals surface area (Å²) in [5.74, 6) is 0.444. The second-order valence-electron chi connectivity index (χ2n) is 4.29. The lowest BCUT2D eigenvalue weighted by Crippen LogP contribution is -2.15. The Balaban J connectivity index is 2.12. The molecule has 0 aromatic heterocycles. The first-order valence-corrected chi connectivity index (χ1v) is 8.00. The molecule has 0 heterocycles. The fraction of sp³-hybridized carbons (Fsp3) is 0.125. The summed E-state index contributed by atoms with van der Waals surface area (Å²) < 4.78 is 0. The first-order chi connectivity index (χ1) is 10.6. The van der Waals surface area contributed by atoms with E-state index < -0.39 is 5.97 Å². The van der Waals surface area contributed by atoms with Crippen molar-refractivity contribution in [2.45, 2.75) is 11.8 Å². The number of amidine groups is 1. The van der Waals surface area contributed by atoms with Crippen LogP contribution in [-0.4, -0.2) is 17.6 Å². The van der Waals surface area contributed by atoms with Crippen molar-refractivity contribution in [1.29, 1.82) is 0 Å². The minimum absolute atomic E-state index is 0.116. The van der Waals surface area contributed by atoms with Crippen molar-refractivity contribution in [2.75, 3.05) is 5.75 Å². The lowest BCUT2D eigenvalue weighted by atomic mass is 10.2. The summed E-state index contributed by atoms with van der Waals surface area (Å²) in [6.07, 6.45) is 0. The average Bonchev–Trinajstić information content (AvgIpc) is 2.54. The summed E-state index contributed by atoms with van der Waals surface area (Å²) in [4.78, 5) is 17.9. The van der Waals surface area contributed by atoms with E-state index in [2.05, 4.69) is 5.16 Å². The lowest BCUT2D eigenvalue weighted by molar-refractivity contribution is 0.0512. The number of carbonyl (C=O) groups is 1. The lowest BCUT2D eigenvalue weighted by Gasteiger charge is -2.05. The Morgan fingerprint density at radius 2 is 1.91 bits per heavy atom. The van der Waals surface area contributed by atoms with Crippen molar-refractivity contribution in [3.63, 3.8) is 0 Å². The number of halogens is 1. The molecule has 0 bridgehead atoms. The molecule has 2 N–H and O–H groups in total. The number of oxime groups is 1. The fourth-order valence-electron chi connectivity index (χ4n) is 1.73. The third kappa shape index (κ3) is 4.26. The second kappa shape index (κ2) is 7.87. The zero-order valence-corrected chi connectivity index (χ0v) is 13.5. The maximum Gasteiger partial charge on any atom is 0.366 e. The van der Waals surface area contributed by atoms with E-state index in [4.69, 9.17) is 22.2 Å². The van der Waals surface area contributed by atoms with Gasteiger partial charge in [-0.3, -0.25) is 0 Å². The fourth-order valence-corrected chi connectivity index (χ4v) is 2.65. The Hall–Kier alpha value is -1.98. The summed E-state index contributed by atoms with van der Waals surface area (Å²) in [7, 11) is 0. The van der Waals surface area contributed by atoms with E-state index in [9.17, 15) is 4.79 Å². The van der Waals surface area contributed by atoms with Gasteiger partial charge in [-0.1, -0.05) is 35.8 Å². The second-order valence-corrected chi connectivity index (χ2v) is 6.03. The maximum atomic E-state index is 12.1. The minimum Gasteiger partial charge on any atom is -0.380 e. The normalized spacial score (nSPS) is 11.3. The maximum absolute atomic E-state index is 12.1. The number of rotatable bonds is 5. The third-order valence-electron chi connectivity index (χ3n) is 2.77. The molecular weight excluding hydrogens is 320 g/mol. The first kappa shape index (κ1) is 16.4. The van der Waals surface area contributed by atoms with Crippen LogP contribution in [0.4, 0.5) is 0 Å². The molecule has 2 aromatic rings. The van der Waals surface area contributed by atoms with Crippen molar-refractivity contribution >= 4 is 35.2 Å². The topological polar surface area (TPSA) is 64.7 Å². The van der Waals surface area contributed by atoms with E-state index in [1.54, 1.807) is 48.2 Å². The van der Waals surface area contributed by atoms with Gasteiger partial charge in [-0.05, 0) is 42.2 Å². The molecule has 0 fully saturated rings.